The zero-order chi connectivity index (χ0) is 12.8. The van der Waals surface area contributed by atoms with E-state index >= 15 is 0 Å². The molecule has 0 saturated heterocycles. The van der Waals surface area contributed by atoms with Crippen LogP contribution in [0.4, 0.5) is 0 Å². The van der Waals surface area contributed by atoms with Crippen LogP contribution in [0.1, 0.15) is 47.2 Å². The van der Waals surface area contributed by atoms with Gasteiger partial charge in [0.15, 0.2) is 0 Å². The third kappa shape index (κ3) is 1.82. The summed E-state index contributed by atoms with van der Waals surface area (Å²) in [5.74, 6) is -0.332. The number of pyridine rings is 1. The van der Waals surface area contributed by atoms with Gasteiger partial charge < -0.3 is 0 Å². The molecule has 2 rings (SSSR count). The van der Waals surface area contributed by atoms with Gasteiger partial charge in [0.25, 0.3) is 11.8 Å². The number of carbonyl (C=O) groups is 2. The van der Waals surface area contributed by atoms with Crippen molar-refractivity contribution in [2.24, 2.45) is 0 Å². The number of halogens is 1. The number of hydrogen-bond acceptors (Lipinski definition) is 3. The SMILES string of the molecule is CC(C)(C)N1C(=O)c2cnc(CCl)cc2C1=O. The van der Waals surface area contributed by atoms with Crippen LogP contribution in [0.3, 0.4) is 0 Å². The van der Waals surface area contributed by atoms with E-state index in [1.165, 1.54) is 11.1 Å². The molecule has 0 fully saturated rings. The highest BCUT2D eigenvalue weighted by Gasteiger charge is 2.42. The van der Waals surface area contributed by atoms with E-state index in [0.29, 0.717) is 16.8 Å². The molecule has 0 atom stereocenters. The van der Waals surface area contributed by atoms with Crippen molar-refractivity contribution in [2.45, 2.75) is 32.2 Å². The molecule has 0 N–H and O–H groups in total. The first-order valence-corrected chi connectivity index (χ1v) is 5.83. The third-order valence-electron chi connectivity index (χ3n) is 2.64. The van der Waals surface area contributed by atoms with Crippen LogP contribution in [-0.2, 0) is 5.88 Å². The second kappa shape index (κ2) is 3.81. The molecule has 0 aliphatic carbocycles. The predicted octanol–water partition coefficient (Wildman–Crippen LogP) is 2.21. The zero-order valence-corrected chi connectivity index (χ0v) is 10.7. The van der Waals surface area contributed by atoms with Gasteiger partial charge in [-0.15, -0.1) is 11.6 Å². The Labute approximate surface area is 105 Å². The molecular formula is C12H13ClN2O2. The van der Waals surface area contributed by atoms with E-state index in [0.717, 1.165) is 0 Å². The van der Waals surface area contributed by atoms with Gasteiger partial charge >= 0.3 is 0 Å². The van der Waals surface area contributed by atoms with E-state index in [9.17, 15) is 9.59 Å². The Balaban J connectivity index is 2.53. The highest BCUT2D eigenvalue weighted by molar-refractivity contribution is 6.22. The van der Waals surface area contributed by atoms with Gasteiger partial charge in [0, 0.05) is 11.7 Å². The highest BCUT2D eigenvalue weighted by Crippen LogP contribution is 2.29. The van der Waals surface area contributed by atoms with E-state index in [2.05, 4.69) is 4.98 Å². The van der Waals surface area contributed by atoms with Crippen LogP contribution in [0.15, 0.2) is 12.3 Å². The summed E-state index contributed by atoms with van der Waals surface area (Å²) in [6.45, 7) is 5.47. The summed E-state index contributed by atoms with van der Waals surface area (Å²) in [6, 6.07) is 1.59. The van der Waals surface area contributed by atoms with E-state index < -0.39 is 5.54 Å². The Morgan fingerprint density at radius 2 is 1.82 bits per heavy atom. The second-order valence-electron chi connectivity index (χ2n) is 4.97. The molecule has 2 heterocycles. The maximum atomic E-state index is 12.2. The molecule has 4 nitrogen and oxygen atoms in total. The lowest BCUT2D eigenvalue weighted by atomic mass is 10.1. The van der Waals surface area contributed by atoms with Crippen LogP contribution >= 0.6 is 11.6 Å². The van der Waals surface area contributed by atoms with Crippen molar-refractivity contribution in [1.29, 1.82) is 0 Å². The van der Waals surface area contributed by atoms with Gasteiger partial charge in [-0.05, 0) is 26.8 Å². The van der Waals surface area contributed by atoms with Crippen LogP contribution < -0.4 is 0 Å². The number of fused-ring (bicyclic) bond motifs is 1. The Morgan fingerprint density at radius 1 is 1.24 bits per heavy atom. The average Bonchev–Trinajstić information content (AvgIpc) is 2.50. The molecule has 0 radical (unpaired) electrons. The first kappa shape index (κ1) is 12.0. The van der Waals surface area contributed by atoms with Crippen molar-refractivity contribution in [2.75, 3.05) is 0 Å². The molecule has 1 aromatic rings. The number of amides is 2. The molecule has 5 heteroatoms. The number of hydrogen-bond donors (Lipinski definition) is 0. The molecule has 2 amide bonds. The molecule has 0 aromatic carbocycles. The van der Waals surface area contributed by atoms with Crippen LogP contribution in [0.25, 0.3) is 0 Å². The standard InChI is InChI=1S/C12H13ClN2O2/c1-12(2,3)15-10(16)8-4-7(5-13)14-6-9(8)11(15)17/h4,6H,5H2,1-3H3. The summed E-state index contributed by atoms with van der Waals surface area (Å²) >= 11 is 5.67. The van der Waals surface area contributed by atoms with Gasteiger partial charge in [-0.2, -0.15) is 0 Å². The quantitative estimate of drug-likeness (QED) is 0.569. The lowest BCUT2D eigenvalue weighted by Gasteiger charge is -2.29. The van der Waals surface area contributed by atoms with Crippen molar-refractivity contribution in [3.05, 3.63) is 29.1 Å². The largest absolute Gasteiger partial charge is 0.269 e. The van der Waals surface area contributed by atoms with Gasteiger partial charge in [0.2, 0.25) is 0 Å². The third-order valence-corrected chi connectivity index (χ3v) is 2.91. The zero-order valence-electron chi connectivity index (χ0n) is 9.95. The number of carbonyl (C=O) groups excluding carboxylic acids is 2. The molecule has 0 saturated carbocycles. The van der Waals surface area contributed by atoms with Crippen molar-refractivity contribution in [1.82, 2.24) is 9.88 Å². The molecule has 90 valence electrons. The lowest BCUT2D eigenvalue weighted by molar-refractivity contribution is 0.0508. The summed E-state index contributed by atoms with van der Waals surface area (Å²) in [7, 11) is 0. The van der Waals surface area contributed by atoms with Gasteiger partial charge in [0.05, 0.1) is 22.7 Å². The Morgan fingerprint density at radius 3 is 2.35 bits per heavy atom. The topological polar surface area (TPSA) is 50.3 Å². The summed E-state index contributed by atoms with van der Waals surface area (Å²) in [4.78, 5) is 29.5. The van der Waals surface area contributed by atoms with Gasteiger partial charge in [-0.3, -0.25) is 19.5 Å². The minimum atomic E-state index is -0.533. The average molecular weight is 253 g/mol. The molecular weight excluding hydrogens is 240 g/mol. The smallest absolute Gasteiger partial charge is 0.263 e. The van der Waals surface area contributed by atoms with E-state index in [1.54, 1.807) is 6.07 Å². The van der Waals surface area contributed by atoms with Crippen LogP contribution in [0.5, 0.6) is 0 Å². The minimum Gasteiger partial charge on any atom is -0.269 e. The summed E-state index contributed by atoms with van der Waals surface area (Å²) in [6.07, 6.45) is 1.43. The number of alkyl halides is 1. The number of imide groups is 1. The Bertz CT molecular complexity index is 506. The number of nitrogens with zero attached hydrogens (tertiary/aromatic N) is 2. The van der Waals surface area contributed by atoms with Gasteiger partial charge in [-0.25, -0.2) is 0 Å². The molecule has 0 unspecified atom stereocenters. The molecule has 1 aromatic heterocycles. The van der Waals surface area contributed by atoms with Crippen LogP contribution in [0, 0.1) is 0 Å². The van der Waals surface area contributed by atoms with E-state index in [-0.39, 0.29) is 17.7 Å². The first-order valence-electron chi connectivity index (χ1n) is 5.30. The fourth-order valence-corrected chi connectivity index (χ4v) is 2.01. The molecule has 1 aliphatic heterocycles. The first-order chi connectivity index (χ1) is 7.86. The highest BCUT2D eigenvalue weighted by atomic mass is 35.5. The normalized spacial score (nSPS) is 15.4. The number of aromatic nitrogens is 1. The predicted molar refractivity (Wildman–Crippen MR) is 64.0 cm³/mol. The maximum Gasteiger partial charge on any atom is 0.263 e. The van der Waals surface area contributed by atoms with Crippen LogP contribution in [0.2, 0.25) is 0 Å². The molecule has 0 bridgehead atoms. The summed E-state index contributed by atoms with van der Waals surface area (Å²) < 4.78 is 0. The van der Waals surface area contributed by atoms with Crippen molar-refractivity contribution in [3.8, 4) is 0 Å². The molecule has 1 aliphatic rings. The van der Waals surface area contributed by atoms with E-state index in [4.69, 9.17) is 11.6 Å². The van der Waals surface area contributed by atoms with Crippen molar-refractivity contribution < 1.29 is 9.59 Å². The summed E-state index contributed by atoms with van der Waals surface area (Å²) in [5, 5.41) is 0. The van der Waals surface area contributed by atoms with Crippen LogP contribution in [-0.4, -0.2) is 27.2 Å². The maximum absolute atomic E-state index is 12.2. The molecule has 17 heavy (non-hydrogen) atoms. The Kier molecular flexibility index (Phi) is 2.70. The fourth-order valence-electron chi connectivity index (χ4n) is 1.86. The van der Waals surface area contributed by atoms with E-state index in [1.807, 2.05) is 20.8 Å². The lowest BCUT2D eigenvalue weighted by Crippen LogP contribution is -2.45. The minimum absolute atomic E-state index is 0.226. The van der Waals surface area contributed by atoms with Gasteiger partial charge in [0.1, 0.15) is 0 Å². The Hall–Kier alpha value is -1.42. The van der Waals surface area contributed by atoms with Gasteiger partial charge in [-0.1, -0.05) is 0 Å². The fraction of sp³-hybridized carbons (Fsp3) is 0.417. The number of rotatable bonds is 1. The second-order valence-corrected chi connectivity index (χ2v) is 5.24. The van der Waals surface area contributed by atoms with Crippen molar-refractivity contribution in [3.63, 3.8) is 0 Å². The summed E-state index contributed by atoms with van der Waals surface area (Å²) in [5.41, 5.74) is 0.825. The molecule has 0 spiro atoms. The monoisotopic (exact) mass is 252 g/mol. The van der Waals surface area contributed by atoms with Crippen molar-refractivity contribution >= 4 is 23.4 Å².